The first kappa shape index (κ1) is 17.0. The first-order valence-corrected chi connectivity index (χ1v) is 9.24. The standard InChI is InChI=1S/C21H25N3O2/c1-21(2)12-17-11-15(6-7-18(17)26-21)13-24-10-8-16(14-24)20(25)23-19-5-3-4-9-22-19/h3-7,9,11,16H,8,10,12-14H2,1-2H3,(H,22,23,25). The van der Waals surface area contributed by atoms with Gasteiger partial charge in [0.25, 0.3) is 0 Å². The Morgan fingerprint density at radius 3 is 3.04 bits per heavy atom. The summed E-state index contributed by atoms with van der Waals surface area (Å²) in [6.45, 7) is 6.86. The number of amides is 1. The van der Waals surface area contributed by atoms with E-state index in [9.17, 15) is 4.79 Å². The highest BCUT2D eigenvalue weighted by Crippen LogP contribution is 2.35. The van der Waals surface area contributed by atoms with Gasteiger partial charge in [0.2, 0.25) is 5.91 Å². The molecule has 5 heteroatoms. The Balaban J connectivity index is 1.34. The van der Waals surface area contributed by atoms with Gasteiger partial charge in [-0.25, -0.2) is 4.98 Å². The van der Waals surface area contributed by atoms with Crippen LogP contribution in [0.15, 0.2) is 42.6 Å². The Labute approximate surface area is 154 Å². The topological polar surface area (TPSA) is 54.5 Å². The maximum absolute atomic E-state index is 12.4. The first-order chi connectivity index (χ1) is 12.5. The molecular formula is C21H25N3O2. The summed E-state index contributed by atoms with van der Waals surface area (Å²) < 4.78 is 5.95. The number of rotatable bonds is 4. The van der Waals surface area contributed by atoms with Crippen LogP contribution in [0, 0.1) is 5.92 Å². The van der Waals surface area contributed by atoms with Gasteiger partial charge in [0.15, 0.2) is 0 Å². The number of pyridine rings is 1. The lowest BCUT2D eigenvalue weighted by atomic mass is 10.00. The van der Waals surface area contributed by atoms with Crippen LogP contribution in [-0.4, -0.2) is 34.5 Å². The van der Waals surface area contributed by atoms with Crippen molar-refractivity contribution in [3.8, 4) is 5.75 Å². The van der Waals surface area contributed by atoms with Crippen molar-refractivity contribution >= 4 is 11.7 Å². The third-order valence-corrected chi connectivity index (χ3v) is 5.09. The van der Waals surface area contributed by atoms with Gasteiger partial charge in [-0.2, -0.15) is 0 Å². The Bertz CT molecular complexity index is 804. The van der Waals surface area contributed by atoms with Crippen LogP contribution >= 0.6 is 0 Å². The number of nitrogens with zero attached hydrogens (tertiary/aromatic N) is 2. The molecule has 2 aliphatic rings. The molecule has 0 radical (unpaired) electrons. The molecule has 1 N–H and O–H groups in total. The molecule has 1 aromatic carbocycles. The highest BCUT2D eigenvalue weighted by Gasteiger charge is 2.31. The van der Waals surface area contributed by atoms with Gasteiger partial charge in [0.05, 0.1) is 5.92 Å². The lowest BCUT2D eigenvalue weighted by molar-refractivity contribution is -0.119. The molecule has 3 heterocycles. The number of hydrogen-bond acceptors (Lipinski definition) is 4. The Kier molecular flexibility index (Phi) is 4.41. The van der Waals surface area contributed by atoms with E-state index in [0.717, 1.165) is 38.2 Å². The summed E-state index contributed by atoms with van der Waals surface area (Å²) in [6.07, 6.45) is 3.53. The molecule has 1 aromatic heterocycles. The molecule has 0 aliphatic carbocycles. The summed E-state index contributed by atoms with van der Waals surface area (Å²) >= 11 is 0. The normalized spacial score (nSPS) is 21.2. The fourth-order valence-electron chi connectivity index (χ4n) is 3.87. The zero-order valence-corrected chi connectivity index (χ0v) is 15.4. The molecule has 0 bridgehead atoms. The van der Waals surface area contributed by atoms with Gasteiger partial charge in [0.1, 0.15) is 17.2 Å². The highest BCUT2D eigenvalue weighted by atomic mass is 16.5. The predicted molar refractivity (Wildman–Crippen MR) is 101 cm³/mol. The second-order valence-corrected chi connectivity index (χ2v) is 7.91. The van der Waals surface area contributed by atoms with Crippen LogP contribution in [0.1, 0.15) is 31.4 Å². The summed E-state index contributed by atoms with van der Waals surface area (Å²) in [6, 6.07) is 12.0. The number of fused-ring (bicyclic) bond motifs is 1. The smallest absolute Gasteiger partial charge is 0.229 e. The van der Waals surface area contributed by atoms with Crippen molar-refractivity contribution in [2.24, 2.45) is 5.92 Å². The third-order valence-electron chi connectivity index (χ3n) is 5.09. The number of aromatic nitrogens is 1. The minimum absolute atomic E-state index is 0.0219. The molecule has 136 valence electrons. The predicted octanol–water partition coefficient (Wildman–Crippen LogP) is 3.26. The van der Waals surface area contributed by atoms with Crippen LogP contribution in [0.4, 0.5) is 5.82 Å². The highest BCUT2D eigenvalue weighted by molar-refractivity contribution is 5.92. The zero-order valence-electron chi connectivity index (χ0n) is 15.4. The fraction of sp³-hybridized carbons (Fsp3) is 0.429. The van der Waals surface area contributed by atoms with E-state index < -0.39 is 0 Å². The maximum Gasteiger partial charge on any atom is 0.229 e. The van der Waals surface area contributed by atoms with Crippen molar-refractivity contribution in [1.29, 1.82) is 0 Å². The number of ether oxygens (including phenoxy) is 1. The van der Waals surface area contributed by atoms with Crippen LogP contribution in [0.2, 0.25) is 0 Å². The van der Waals surface area contributed by atoms with Gasteiger partial charge in [-0.05, 0) is 56.1 Å². The number of nitrogens with one attached hydrogen (secondary N) is 1. The minimum atomic E-state index is -0.108. The van der Waals surface area contributed by atoms with Crippen LogP contribution < -0.4 is 10.1 Å². The van der Waals surface area contributed by atoms with Gasteiger partial charge in [-0.15, -0.1) is 0 Å². The van der Waals surface area contributed by atoms with Gasteiger partial charge < -0.3 is 10.1 Å². The number of anilines is 1. The second-order valence-electron chi connectivity index (χ2n) is 7.91. The number of carbonyl (C=O) groups is 1. The molecular weight excluding hydrogens is 326 g/mol. The number of likely N-dealkylation sites (tertiary alicyclic amines) is 1. The molecule has 4 rings (SSSR count). The minimum Gasteiger partial charge on any atom is -0.487 e. The first-order valence-electron chi connectivity index (χ1n) is 9.24. The van der Waals surface area contributed by atoms with Gasteiger partial charge in [-0.3, -0.25) is 9.69 Å². The van der Waals surface area contributed by atoms with E-state index in [1.807, 2.05) is 18.2 Å². The van der Waals surface area contributed by atoms with Crippen molar-refractivity contribution < 1.29 is 9.53 Å². The monoisotopic (exact) mass is 351 g/mol. The summed E-state index contributed by atoms with van der Waals surface area (Å²) in [4.78, 5) is 19.0. The molecule has 1 atom stereocenters. The summed E-state index contributed by atoms with van der Waals surface area (Å²) in [5, 5.41) is 2.92. The maximum atomic E-state index is 12.4. The van der Waals surface area contributed by atoms with Crippen molar-refractivity contribution in [2.45, 2.75) is 38.8 Å². The molecule has 0 saturated carbocycles. The van der Waals surface area contributed by atoms with E-state index in [1.54, 1.807) is 6.20 Å². The average Bonchev–Trinajstić information content (AvgIpc) is 3.18. The zero-order chi connectivity index (χ0) is 18.1. The number of hydrogen-bond donors (Lipinski definition) is 1. The fourth-order valence-corrected chi connectivity index (χ4v) is 3.87. The quantitative estimate of drug-likeness (QED) is 0.919. The Morgan fingerprint density at radius 2 is 2.23 bits per heavy atom. The summed E-state index contributed by atoms with van der Waals surface area (Å²) in [7, 11) is 0. The third kappa shape index (κ3) is 3.73. The Hall–Kier alpha value is -2.40. The lowest BCUT2D eigenvalue weighted by Gasteiger charge is -2.17. The molecule has 1 unspecified atom stereocenters. The van der Waals surface area contributed by atoms with Crippen LogP contribution in [0.25, 0.3) is 0 Å². The van der Waals surface area contributed by atoms with Crippen molar-refractivity contribution in [3.63, 3.8) is 0 Å². The van der Waals surface area contributed by atoms with E-state index in [1.165, 1.54) is 11.1 Å². The van der Waals surface area contributed by atoms with Crippen LogP contribution in [0.3, 0.4) is 0 Å². The van der Waals surface area contributed by atoms with Crippen molar-refractivity contribution in [2.75, 3.05) is 18.4 Å². The van der Waals surface area contributed by atoms with Crippen LogP contribution in [0.5, 0.6) is 5.75 Å². The summed E-state index contributed by atoms with van der Waals surface area (Å²) in [5.41, 5.74) is 2.47. The SMILES string of the molecule is CC1(C)Cc2cc(CN3CCC(C(=O)Nc4ccccn4)C3)ccc2O1. The molecule has 2 aromatic rings. The van der Waals surface area contributed by atoms with Crippen LogP contribution in [-0.2, 0) is 17.8 Å². The lowest BCUT2D eigenvalue weighted by Crippen LogP contribution is -2.27. The molecule has 2 aliphatic heterocycles. The number of benzene rings is 1. The van der Waals surface area contributed by atoms with Crippen molar-refractivity contribution in [3.05, 3.63) is 53.7 Å². The van der Waals surface area contributed by atoms with E-state index in [0.29, 0.717) is 5.82 Å². The van der Waals surface area contributed by atoms with Gasteiger partial charge in [-0.1, -0.05) is 18.2 Å². The Morgan fingerprint density at radius 1 is 1.35 bits per heavy atom. The van der Waals surface area contributed by atoms with E-state index >= 15 is 0 Å². The molecule has 0 spiro atoms. The average molecular weight is 351 g/mol. The van der Waals surface area contributed by atoms with Crippen molar-refractivity contribution in [1.82, 2.24) is 9.88 Å². The second kappa shape index (κ2) is 6.72. The van der Waals surface area contributed by atoms with E-state index in [-0.39, 0.29) is 17.4 Å². The van der Waals surface area contributed by atoms with Gasteiger partial charge >= 0.3 is 0 Å². The molecule has 5 nitrogen and oxygen atoms in total. The molecule has 1 fully saturated rings. The van der Waals surface area contributed by atoms with E-state index in [4.69, 9.17) is 4.74 Å². The van der Waals surface area contributed by atoms with Gasteiger partial charge in [0, 0.05) is 25.7 Å². The molecule has 26 heavy (non-hydrogen) atoms. The molecule has 1 saturated heterocycles. The number of carbonyl (C=O) groups excluding carboxylic acids is 1. The largest absolute Gasteiger partial charge is 0.487 e. The molecule has 1 amide bonds. The van der Waals surface area contributed by atoms with E-state index in [2.05, 4.69) is 47.2 Å². The summed E-state index contributed by atoms with van der Waals surface area (Å²) in [5.74, 6) is 1.72.